The minimum Gasteiger partial charge on any atom is -0.478 e. The average Bonchev–Trinajstić information content (AvgIpc) is 2.90. The van der Waals surface area contributed by atoms with E-state index in [1.165, 1.54) is 0 Å². The van der Waals surface area contributed by atoms with Crippen LogP contribution < -0.4 is 5.32 Å². The van der Waals surface area contributed by atoms with Gasteiger partial charge in [0, 0.05) is 24.6 Å². The van der Waals surface area contributed by atoms with Crippen LogP contribution in [0.4, 0.5) is 5.69 Å². The number of ether oxygens (including phenoxy) is 2. The summed E-state index contributed by atoms with van der Waals surface area (Å²) < 4.78 is 11.4. The van der Waals surface area contributed by atoms with E-state index in [2.05, 4.69) is 5.32 Å². The largest absolute Gasteiger partial charge is 0.478 e. The van der Waals surface area contributed by atoms with Gasteiger partial charge in [-0.2, -0.15) is 0 Å². The molecule has 1 saturated heterocycles. The molecular weight excluding hydrogens is 258 g/mol. The van der Waals surface area contributed by atoms with Crippen LogP contribution in [0.1, 0.15) is 36.0 Å². The summed E-state index contributed by atoms with van der Waals surface area (Å²) in [5.74, 6) is -1.25. The molecule has 1 aromatic rings. The zero-order valence-corrected chi connectivity index (χ0v) is 11.3. The molecule has 1 heterocycles. The lowest BCUT2D eigenvalue weighted by molar-refractivity contribution is -0.177. The van der Waals surface area contributed by atoms with E-state index in [0.29, 0.717) is 24.8 Å². The van der Waals surface area contributed by atoms with Crippen LogP contribution in [0, 0.1) is 0 Å². The molecule has 1 aromatic carbocycles. The Kier molecular flexibility index (Phi) is 3.63. The molecule has 1 saturated carbocycles. The summed E-state index contributed by atoms with van der Waals surface area (Å²) in [5, 5.41) is 12.4. The van der Waals surface area contributed by atoms with Crippen molar-refractivity contribution in [2.45, 2.75) is 37.5 Å². The van der Waals surface area contributed by atoms with Crippen LogP contribution in [0.15, 0.2) is 24.3 Å². The monoisotopic (exact) mass is 277 g/mol. The summed E-state index contributed by atoms with van der Waals surface area (Å²) in [6.45, 7) is 1.39. The van der Waals surface area contributed by atoms with E-state index in [1.807, 2.05) is 6.07 Å². The third kappa shape index (κ3) is 2.78. The fourth-order valence-corrected chi connectivity index (χ4v) is 2.97. The highest BCUT2D eigenvalue weighted by atomic mass is 16.7. The van der Waals surface area contributed by atoms with Crippen LogP contribution >= 0.6 is 0 Å². The third-order valence-electron chi connectivity index (χ3n) is 4.04. The molecule has 0 amide bonds. The number of benzene rings is 1. The van der Waals surface area contributed by atoms with Crippen LogP contribution in [0.2, 0.25) is 0 Å². The van der Waals surface area contributed by atoms with Gasteiger partial charge in [0.1, 0.15) is 0 Å². The quantitative estimate of drug-likeness (QED) is 0.888. The fraction of sp³-hybridized carbons (Fsp3) is 0.533. The molecule has 2 fully saturated rings. The Bertz CT molecular complexity index is 486. The Hall–Kier alpha value is -1.59. The van der Waals surface area contributed by atoms with Crippen molar-refractivity contribution in [2.75, 3.05) is 18.5 Å². The zero-order chi connectivity index (χ0) is 14.0. The summed E-state index contributed by atoms with van der Waals surface area (Å²) in [5.41, 5.74) is 1.17. The number of hydrogen-bond donors (Lipinski definition) is 2. The van der Waals surface area contributed by atoms with E-state index in [9.17, 15) is 4.79 Å². The highest BCUT2D eigenvalue weighted by Gasteiger charge is 2.40. The molecule has 1 spiro atoms. The first-order valence-electron chi connectivity index (χ1n) is 7.05. The van der Waals surface area contributed by atoms with Gasteiger partial charge in [-0.15, -0.1) is 0 Å². The van der Waals surface area contributed by atoms with E-state index in [1.54, 1.807) is 18.2 Å². The first kappa shape index (κ1) is 13.4. The van der Waals surface area contributed by atoms with Gasteiger partial charge in [0.25, 0.3) is 0 Å². The molecule has 1 aliphatic heterocycles. The zero-order valence-electron chi connectivity index (χ0n) is 11.3. The first-order valence-corrected chi connectivity index (χ1v) is 7.05. The standard InChI is InChI=1S/C15H19NO4/c17-14(18)11-2-1-3-13(10-11)16-12-4-6-15(7-5-12)19-8-9-20-15/h1-3,10,12,16H,4-9H2,(H,17,18). The number of carbonyl (C=O) groups is 1. The van der Waals surface area contributed by atoms with Gasteiger partial charge >= 0.3 is 5.97 Å². The Morgan fingerprint density at radius 2 is 1.95 bits per heavy atom. The van der Waals surface area contributed by atoms with Crippen molar-refractivity contribution >= 4 is 11.7 Å². The maximum atomic E-state index is 11.0. The maximum absolute atomic E-state index is 11.0. The van der Waals surface area contributed by atoms with E-state index >= 15 is 0 Å². The molecule has 0 aromatic heterocycles. The SMILES string of the molecule is O=C(O)c1cccc(NC2CCC3(CC2)OCCO3)c1. The molecule has 0 bridgehead atoms. The Balaban J connectivity index is 1.59. The van der Waals surface area contributed by atoms with E-state index in [-0.39, 0.29) is 5.79 Å². The van der Waals surface area contributed by atoms with Gasteiger partial charge in [-0.1, -0.05) is 6.07 Å². The minimum absolute atomic E-state index is 0.310. The van der Waals surface area contributed by atoms with E-state index in [4.69, 9.17) is 14.6 Å². The Morgan fingerprint density at radius 1 is 1.25 bits per heavy atom. The highest BCUT2D eigenvalue weighted by molar-refractivity contribution is 5.88. The molecule has 2 N–H and O–H groups in total. The molecule has 0 radical (unpaired) electrons. The summed E-state index contributed by atoms with van der Waals surface area (Å²) in [6.07, 6.45) is 3.72. The topological polar surface area (TPSA) is 67.8 Å². The lowest BCUT2D eigenvalue weighted by atomic mass is 9.90. The van der Waals surface area contributed by atoms with Crippen molar-refractivity contribution in [3.8, 4) is 0 Å². The molecule has 108 valence electrons. The highest BCUT2D eigenvalue weighted by Crippen LogP contribution is 2.36. The van der Waals surface area contributed by atoms with Gasteiger partial charge in [-0.25, -0.2) is 4.79 Å². The fourth-order valence-electron chi connectivity index (χ4n) is 2.97. The Morgan fingerprint density at radius 3 is 2.60 bits per heavy atom. The molecular formula is C15H19NO4. The van der Waals surface area contributed by atoms with E-state index in [0.717, 1.165) is 31.4 Å². The lowest BCUT2D eigenvalue weighted by Gasteiger charge is -2.36. The van der Waals surface area contributed by atoms with Crippen LogP contribution in [0.5, 0.6) is 0 Å². The first-order chi connectivity index (χ1) is 9.67. The van der Waals surface area contributed by atoms with Gasteiger partial charge in [0.05, 0.1) is 18.8 Å². The molecule has 0 unspecified atom stereocenters. The summed E-state index contributed by atoms with van der Waals surface area (Å²) in [6, 6.07) is 7.29. The summed E-state index contributed by atoms with van der Waals surface area (Å²) >= 11 is 0. The molecule has 3 rings (SSSR count). The number of hydrogen-bond acceptors (Lipinski definition) is 4. The maximum Gasteiger partial charge on any atom is 0.335 e. The normalized spacial score (nSPS) is 22.0. The van der Waals surface area contributed by atoms with Crippen LogP contribution in [0.3, 0.4) is 0 Å². The lowest BCUT2D eigenvalue weighted by Crippen LogP contribution is -2.39. The number of carboxylic acids is 1. The van der Waals surface area contributed by atoms with Crippen LogP contribution in [-0.2, 0) is 9.47 Å². The predicted octanol–water partition coefficient (Wildman–Crippen LogP) is 2.48. The number of aromatic carboxylic acids is 1. The molecule has 5 heteroatoms. The van der Waals surface area contributed by atoms with Crippen molar-refractivity contribution < 1.29 is 19.4 Å². The minimum atomic E-state index is -0.899. The average molecular weight is 277 g/mol. The van der Waals surface area contributed by atoms with Crippen molar-refractivity contribution in [3.63, 3.8) is 0 Å². The van der Waals surface area contributed by atoms with Gasteiger partial charge in [0.2, 0.25) is 0 Å². The van der Waals surface area contributed by atoms with Gasteiger partial charge in [0.15, 0.2) is 5.79 Å². The third-order valence-corrected chi connectivity index (χ3v) is 4.04. The van der Waals surface area contributed by atoms with Gasteiger partial charge < -0.3 is 19.9 Å². The smallest absolute Gasteiger partial charge is 0.335 e. The number of rotatable bonds is 3. The second-order valence-electron chi connectivity index (χ2n) is 5.41. The van der Waals surface area contributed by atoms with Crippen LogP contribution in [0.25, 0.3) is 0 Å². The molecule has 0 atom stereocenters. The summed E-state index contributed by atoms with van der Waals surface area (Å²) in [4.78, 5) is 11.0. The van der Waals surface area contributed by atoms with Crippen molar-refractivity contribution in [2.24, 2.45) is 0 Å². The van der Waals surface area contributed by atoms with Gasteiger partial charge in [-0.05, 0) is 31.0 Å². The van der Waals surface area contributed by atoms with Crippen molar-refractivity contribution in [1.82, 2.24) is 0 Å². The number of carboxylic acid groups (broad SMARTS) is 1. The molecule has 1 aliphatic carbocycles. The van der Waals surface area contributed by atoms with Crippen LogP contribution in [-0.4, -0.2) is 36.1 Å². The second kappa shape index (κ2) is 5.42. The van der Waals surface area contributed by atoms with Crippen molar-refractivity contribution in [3.05, 3.63) is 29.8 Å². The number of anilines is 1. The predicted molar refractivity (Wildman–Crippen MR) is 73.9 cm³/mol. The molecule has 20 heavy (non-hydrogen) atoms. The van der Waals surface area contributed by atoms with E-state index < -0.39 is 5.97 Å². The van der Waals surface area contributed by atoms with Crippen molar-refractivity contribution in [1.29, 1.82) is 0 Å². The van der Waals surface area contributed by atoms with Gasteiger partial charge in [-0.3, -0.25) is 0 Å². The molecule has 5 nitrogen and oxygen atoms in total. The summed E-state index contributed by atoms with van der Waals surface area (Å²) in [7, 11) is 0. The Labute approximate surface area is 117 Å². The second-order valence-corrected chi connectivity index (χ2v) is 5.41. The number of nitrogens with one attached hydrogen (secondary N) is 1. The molecule has 2 aliphatic rings.